The van der Waals surface area contributed by atoms with Gasteiger partial charge in [0.1, 0.15) is 16.4 Å². The predicted octanol–water partition coefficient (Wildman–Crippen LogP) is 3.00. The maximum absolute atomic E-state index is 11.4. The number of carbonyl (C=O) groups is 1. The van der Waals surface area contributed by atoms with Gasteiger partial charge in [0.05, 0.1) is 11.3 Å². The van der Waals surface area contributed by atoms with Crippen LogP contribution in [0, 0.1) is 6.92 Å². The number of thioether (sulfide) groups is 1. The molecular formula is C15H22N2O3S. The molecule has 116 valence electrons. The molecule has 0 saturated heterocycles. The van der Waals surface area contributed by atoms with E-state index in [1.807, 2.05) is 13.8 Å². The third kappa shape index (κ3) is 3.74. The SMILES string of the molecule is CCC(O)(CC)CSc1nc(C2CC2)nc(C)c1C(=O)O. The molecule has 1 aliphatic rings. The highest BCUT2D eigenvalue weighted by Gasteiger charge is 2.30. The standard InChI is InChI=1S/C15H22N2O3S/c1-4-15(20,5-2)8-21-13-11(14(18)19)9(3)16-12(17-13)10-6-7-10/h10,20H,4-8H2,1-3H3,(H,18,19). The van der Waals surface area contributed by atoms with Crippen LogP contribution in [0.5, 0.6) is 0 Å². The van der Waals surface area contributed by atoms with Crippen LogP contribution in [0.25, 0.3) is 0 Å². The zero-order chi connectivity index (χ0) is 15.6. The molecule has 21 heavy (non-hydrogen) atoms. The molecule has 0 amide bonds. The summed E-state index contributed by atoms with van der Waals surface area (Å²) in [5, 5.41) is 20.2. The summed E-state index contributed by atoms with van der Waals surface area (Å²) in [6.45, 7) is 5.58. The largest absolute Gasteiger partial charge is 0.478 e. The molecular weight excluding hydrogens is 288 g/mol. The van der Waals surface area contributed by atoms with Crippen LogP contribution in [0.4, 0.5) is 0 Å². The van der Waals surface area contributed by atoms with Crippen LogP contribution in [0.2, 0.25) is 0 Å². The van der Waals surface area contributed by atoms with Crippen LogP contribution in [-0.2, 0) is 0 Å². The molecule has 0 atom stereocenters. The highest BCUT2D eigenvalue weighted by Crippen LogP contribution is 2.39. The van der Waals surface area contributed by atoms with Crippen molar-refractivity contribution in [1.29, 1.82) is 0 Å². The van der Waals surface area contributed by atoms with Crippen LogP contribution >= 0.6 is 11.8 Å². The third-order valence-corrected chi connectivity index (χ3v) is 5.27. The molecule has 0 radical (unpaired) electrons. The van der Waals surface area contributed by atoms with Crippen molar-refractivity contribution in [3.05, 3.63) is 17.1 Å². The minimum Gasteiger partial charge on any atom is -0.478 e. The van der Waals surface area contributed by atoms with Crippen LogP contribution in [0.15, 0.2) is 5.03 Å². The Kier molecular flexibility index (Phi) is 4.88. The van der Waals surface area contributed by atoms with E-state index >= 15 is 0 Å². The van der Waals surface area contributed by atoms with Crippen molar-refractivity contribution in [2.24, 2.45) is 0 Å². The van der Waals surface area contributed by atoms with Crippen molar-refractivity contribution in [3.8, 4) is 0 Å². The van der Waals surface area contributed by atoms with Crippen LogP contribution in [-0.4, -0.2) is 37.5 Å². The van der Waals surface area contributed by atoms with Gasteiger partial charge in [-0.1, -0.05) is 13.8 Å². The minimum atomic E-state index is -1.01. The first kappa shape index (κ1) is 16.2. The number of aryl methyl sites for hydroxylation is 1. The molecule has 0 spiro atoms. The number of nitrogens with zero attached hydrogens (tertiary/aromatic N) is 2. The molecule has 0 bridgehead atoms. The Balaban J connectivity index is 2.29. The summed E-state index contributed by atoms with van der Waals surface area (Å²) < 4.78 is 0. The number of aromatic nitrogens is 2. The fourth-order valence-corrected chi connectivity index (χ4v) is 3.45. The monoisotopic (exact) mass is 310 g/mol. The van der Waals surface area contributed by atoms with E-state index in [0.717, 1.165) is 18.7 Å². The van der Waals surface area contributed by atoms with Gasteiger partial charge in [0, 0.05) is 11.7 Å². The zero-order valence-corrected chi connectivity index (χ0v) is 13.5. The second kappa shape index (κ2) is 6.32. The number of hydrogen-bond acceptors (Lipinski definition) is 5. The van der Waals surface area contributed by atoms with Gasteiger partial charge in [-0.2, -0.15) is 0 Å². The fourth-order valence-electron chi connectivity index (χ4n) is 2.10. The lowest BCUT2D eigenvalue weighted by molar-refractivity contribution is 0.0570. The van der Waals surface area contributed by atoms with Gasteiger partial charge in [0.2, 0.25) is 0 Å². The van der Waals surface area contributed by atoms with Gasteiger partial charge >= 0.3 is 5.97 Å². The highest BCUT2D eigenvalue weighted by atomic mass is 32.2. The van der Waals surface area contributed by atoms with Crippen molar-refractivity contribution in [3.63, 3.8) is 0 Å². The maximum Gasteiger partial charge on any atom is 0.340 e. The molecule has 0 aromatic carbocycles. The Morgan fingerprint density at radius 1 is 1.33 bits per heavy atom. The number of hydrogen-bond donors (Lipinski definition) is 2. The zero-order valence-electron chi connectivity index (χ0n) is 12.7. The Bertz CT molecular complexity index is 540. The summed E-state index contributed by atoms with van der Waals surface area (Å²) in [6.07, 6.45) is 3.42. The molecule has 1 aromatic rings. The lowest BCUT2D eigenvalue weighted by Crippen LogP contribution is -2.29. The molecule has 2 rings (SSSR count). The van der Waals surface area contributed by atoms with Gasteiger partial charge < -0.3 is 10.2 Å². The average Bonchev–Trinajstić information content (AvgIpc) is 3.28. The summed E-state index contributed by atoms with van der Waals surface area (Å²) in [4.78, 5) is 20.2. The van der Waals surface area contributed by atoms with Crippen molar-refractivity contribution in [2.45, 2.75) is 63.0 Å². The molecule has 1 saturated carbocycles. The quantitative estimate of drug-likeness (QED) is 0.595. The van der Waals surface area contributed by atoms with Gasteiger partial charge in [-0.25, -0.2) is 14.8 Å². The van der Waals surface area contributed by atoms with Crippen LogP contribution in [0.1, 0.15) is 67.3 Å². The normalized spacial score (nSPS) is 15.2. The van der Waals surface area contributed by atoms with E-state index in [1.165, 1.54) is 11.8 Å². The van der Waals surface area contributed by atoms with E-state index in [0.29, 0.717) is 35.2 Å². The van der Waals surface area contributed by atoms with Crippen LogP contribution in [0.3, 0.4) is 0 Å². The lowest BCUT2D eigenvalue weighted by Gasteiger charge is -2.24. The van der Waals surface area contributed by atoms with Gasteiger partial charge in [-0.05, 0) is 32.6 Å². The lowest BCUT2D eigenvalue weighted by atomic mass is 10.0. The molecule has 5 nitrogen and oxygen atoms in total. The fraction of sp³-hybridized carbons (Fsp3) is 0.667. The van der Waals surface area contributed by atoms with Crippen molar-refractivity contribution in [1.82, 2.24) is 9.97 Å². The van der Waals surface area contributed by atoms with Crippen molar-refractivity contribution >= 4 is 17.7 Å². The van der Waals surface area contributed by atoms with E-state index in [2.05, 4.69) is 9.97 Å². The molecule has 1 aliphatic carbocycles. The number of aromatic carboxylic acids is 1. The Morgan fingerprint density at radius 2 is 1.95 bits per heavy atom. The maximum atomic E-state index is 11.4. The van der Waals surface area contributed by atoms with Gasteiger partial charge in [0.15, 0.2) is 0 Å². The molecule has 0 unspecified atom stereocenters. The number of carboxylic acid groups (broad SMARTS) is 1. The Hall–Kier alpha value is -1.14. The smallest absolute Gasteiger partial charge is 0.340 e. The summed E-state index contributed by atoms with van der Waals surface area (Å²) in [7, 11) is 0. The van der Waals surface area contributed by atoms with Gasteiger partial charge in [-0.3, -0.25) is 0 Å². The number of carboxylic acids is 1. The van der Waals surface area contributed by atoms with E-state index in [-0.39, 0.29) is 5.56 Å². The first-order chi connectivity index (χ1) is 9.90. The van der Waals surface area contributed by atoms with Crippen molar-refractivity contribution < 1.29 is 15.0 Å². The second-order valence-corrected chi connectivity index (χ2v) is 6.61. The number of aliphatic hydroxyl groups is 1. The minimum absolute atomic E-state index is 0.166. The first-order valence-electron chi connectivity index (χ1n) is 7.37. The third-order valence-electron chi connectivity index (χ3n) is 4.02. The average molecular weight is 310 g/mol. The first-order valence-corrected chi connectivity index (χ1v) is 8.35. The Morgan fingerprint density at radius 3 is 2.43 bits per heavy atom. The van der Waals surface area contributed by atoms with Crippen molar-refractivity contribution in [2.75, 3.05) is 5.75 Å². The summed E-state index contributed by atoms with van der Waals surface area (Å²) in [6, 6.07) is 0. The van der Waals surface area contributed by atoms with E-state index < -0.39 is 11.6 Å². The Labute approximate surface area is 129 Å². The summed E-state index contributed by atoms with van der Waals surface area (Å²) in [5.74, 6) is 0.563. The molecule has 1 aromatic heterocycles. The number of rotatable bonds is 7. The molecule has 6 heteroatoms. The van der Waals surface area contributed by atoms with Crippen LogP contribution < -0.4 is 0 Å². The molecule has 0 aliphatic heterocycles. The summed E-state index contributed by atoms with van der Waals surface area (Å²) in [5.41, 5.74) is -0.101. The molecule has 2 N–H and O–H groups in total. The van der Waals surface area contributed by atoms with E-state index in [1.54, 1.807) is 6.92 Å². The van der Waals surface area contributed by atoms with E-state index in [4.69, 9.17) is 0 Å². The molecule has 1 fully saturated rings. The predicted molar refractivity (Wildman–Crippen MR) is 82.0 cm³/mol. The van der Waals surface area contributed by atoms with Gasteiger partial charge in [0.25, 0.3) is 0 Å². The van der Waals surface area contributed by atoms with E-state index in [9.17, 15) is 15.0 Å². The highest BCUT2D eigenvalue weighted by molar-refractivity contribution is 7.99. The summed E-state index contributed by atoms with van der Waals surface area (Å²) >= 11 is 1.32. The second-order valence-electron chi connectivity index (χ2n) is 5.65. The molecule has 1 heterocycles. The van der Waals surface area contributed by atoms with Gasteiger partial charge in [-0.15, -0.1) is 11.8 Å². The topological polar surface area (TPSA) is 83.3 Å².